The number of nitrogens with zero attached hydrogens (tertiary/aromatic N) is 3. The maximum Gasteiger partial charge on any atom is 0.313 e. The highest BCUT2D eigenvalue weighted by molar-refractivity contribution is 7.99. The van der Waals surface area contributed by atoms with Crippen molar-refractivity contribution in [1.82, 2.24) is 14.8 Å². The van der Waals surface area contributed by atoms with Crippen LogP contribution in [0.5, 0.6) is 0 Å². The molecule has 0 atom stereocenters. The highest BCUT2D eigenvalue weighted by Crippen LogP contribution is 2.26. The molecule has 0 bridgehead atoms. The molecule has 1 heterocycles. The van der Waals surface area contributed by atoms with Crippen LogP contribution in [0.15, 0.2) is 5.16 Å². The normalized spacial score (nSPS) is 12.9. The van der Waals surface area contributed by atoms with Gasteiger partial charge < -0.3 is 9.67 Å². The lowest BCUT2D eigenvalue weighted by Crippen LogP contribution is -2.36. The molecule has 120 valence electrons. The summed E-state index contributed by atoms with van der Waals surface area (Å²) in [5.74, 6) is -0.384. The number of aliphatic carboxylic acids is 1. The van der Waals surface area contributed by atoms with E-state index in [-0.39, 0.29) is 18.2 Å². The molecule has 0 aliphatic heterocycles. The van der Waals surface area contributed by atoms with E-state index in [1.54, 1.807) is 18.4 Å². The van der Waals surface area contributed by atoms with Crippen molar-refractivity contribution >= 4 is 27.6 Å². The van der Waals surface area contributed by atoms with Crippen molar-refractivity contribution in [3.8, 4) is 0 Å². The van der Waals surface area contributed by atoms with E-state index >= 15 is 0 Å². The molecule has 0 amide bonds. The van der Waals surface area contributed by atoms with Crippen LogP contribution in [0.1, 0.15) is 39.4 Å². The zero-order valence-corrected chi connectivity index (χ0v) is 14.5. The van der Waals surface area contributed by atoms with Gasteiger partial charge in [0.05, 0.1) is 10.5 Å². The zero-order valence-electron chi connectivity index (χ0n) is 12.8. The van der Waals surface area contributed by atoms with E-state index < -0.39 is 20.6 Å². The third-order valence-electron chi connectivity index (χ3n) is 3.13. The number of carboxylic acid groups (broad SMARTS) is 1. The number of hydrogen-bond donors (Lipinski definition) is 1. The minimum atomic E-state index is -3.27. The van der Waals surface area contributed by atoms with Crippen LogP contribution in [0.4, 0.5) is 0 Å². The number of thioether (sulfide) groups is 1. The summed E-state index contributed by atoms with van der Waals surface area (Å²) in [4.78, 5) is 10.7. The lowest BCUT2D eigenvalue weighted by atomic mass is 10.1. The van der Waals surface area contributed by atoms with Gasteiger partial charge in [-0.3, -0.25) is 4.79 Å². The summed E-state index contributed by atoms with van der Waals surface area (Å²) < 4.78 is 24.5. The van der Waals surface area contributed by atoms with E-state index in [2.05, 4.69) is 10.2 Å². The molecule has 0 aromatic carbocycles. The molecule has 0 saturated heterocycles. The van der Waals surface area contributed by atoms with Gasteiger partial charge in [-0.15, -0.1) is 10.2 Å². The van der Waals surface area contributed by atoms with Gasteiger partial charge in [0, 0.05) is 18.7 Å². The SMILES string of the molecule is CC(C)c1nnc(SCC(=O)O)n1CC(C)(C)S(C)(=O)=O. The fourth-order valence-electron chi connectivity index (χ4n) is 1.61. The molecule has 1 aromatic rings. The van der Waals surface area contributed by atoms with Crippen molar-refractivity contribution in [2.75, 3.05) is 12.0 Å². The predicted octanol–water partition coefficient (Wildman–Crippen LogP) is 1.40. The first-order chi connectivity index (χ1) is 9.45. The Balaban J connectivity index is 3.18. The van der Waals surface area contributed by atoms with Gasteiger partial charge in [-0.25, -0.2) is 8.42 Å². The van der Waals surface area contributed by atoms with Gasteiger partial charge >= 0.3 is 5.97 Å². The van der Waals surface area contributed by atoms with Crippen molar-refractivity contribution < 1.29 is 18.3 Å². The van der Waals surface area contributed by atoms with Crippen molar-refractivity contribution in [1.29, 1.82) is 0 Å². The van der Waals surface area contributed by atoms with E-state index in [0.29, 0.717) is 11.0 Å². The van der Waals surface area contributed by atoms with Crippen LogP contribution in [0.3, 0.4) is 0 Å². The van der Waals surface area contributed by atoms with Crippen LogP contribution in [0, 0.1) is 0 Å². The maximum atomic E-state index is 11.9. The van der Waals surface area contributed by atoms with Crippen LogP contribution in [-0.2, 0) is 21.2 Å². The number of carbonyl (C=O) groups is 1. The quantitative estimate of drug-likeness (QED) is 0.751. The first-order valence-electron chi connectivity index (χ1n) is 6.43. The third-order valence-corrected chi connectivity index (χ3v) is 6.22. The molecule has 1 N–H and O–H groups in total. The molecular formula is C12H21N3O4S2. The number of aromatic nitrogens is 3. The molecule has 9 heteroatoms. The predicted molar refractivity (Wildman–Crippen MR) is 81.4 cm³/mol. The van der Waals surface area contributed by atoms with Gasteiger partial charge in [0.2, 0.25) is 0 Å². The Morgan fingerprint density at radius 1 is 1.38 bits per heavy atom. The van der Waals surface area contributed by atoms with Gasteiger partial charge in [-0.2, -0.15) is 0 Å². The van der Waals surface area contributed by atoms with Crippen molar-refractivity contribution in [3.05, 3.63) is 5.82 Å². The minimum absolute atomic E-state index is 0.0621. The zero-order chi connectivity index (χ0) is 16.4. The molecule has 0 spiro atoms. The van der Waals surface area contributed by atoms with Gasteiger partial charge in [0.1, 0.15) is 5.82 Å². The molecule has 0 aliphatic carbocycles. The molecule has 1 aromatic heterocycles. The Kier molecular flexibility index (Phi) is 5.43. The van der Waals surface area contributed by atoms with Gasteiger partial charge in [-0.1, -0.05) is 25.6 Å². The fraction of sp³-hybridized carbons (Fsp3) is 0.750. The van der Waals surface area contributed by atoms with E-state index in [4.69, 9.17) is 5.11 Å². The van der Waals surface area contributed by atoms with Crippen molar-refractivity contribution in [2.24, 2.45) is 0 Å². The van der Waals surface area contributed by atoms with Crippen LogP contribution in [0.2, 0.25) is 0 Å². The Labute approximate surface area is 129 Å². The monoisotopic (exact) mass is 335 g/mol. The van der Waals surface area contributed by atoms with Gasteiger partial charge in [0.25, 0.3) is 0 Å². The van der Waals surface area contributed by atoms with E-state index in [1.165, 1.54) is 6.26 Å². The van der Waals surface area contributed by atoms with Crippen LogP contribution < -0.4 is 0 Å². The summed E-state index contributed by atoms with van der Waals surface area (Å²) in [7, 11) is -3.27. The molecule has 0 saturated carbocycles. The second-order valence-electron chi connectivity index (χ2n) is 5.80. The summed E-state index contributed by atoms with van der Waals surface area (Å²) in [5, 5.41) is 17.3. The number of sulfone groups is 1. The second-order valence-corrected chi connectivity index (χ2v) is 9.39. The minimum Gasteiger partial charge on any atom is -0.481 e. The van der Waals surface area contributed by atoms with E-state index in [0.717, 1.165) is 11.8 Å². The first kappa shape index (κ1) is 18.0. The summed E-state index contributed by atoms with van der Waals surface area (Å²) >= 11 is 1.04. The first-order valence-corrected chi connectivity index (χ1v) is 9.30. The average Bonchev–Trinajstić information content (AvgIpc) is 2.67. The number of hydrogen-bond acceptors (Lipinski definition) is 6. The average molecular weight is 335 g/mol. The highest BCUT2D eigenvalue weighted by Gasteiger charge is 2.33. The summed E-state index contributed by atoms with van der Waals surface area (Å²) in [6.45, 7) is 7.32. The van der Waals surface area contributed by atoms with Gasteiger partial charge in [-0.05, 0) is 13.8 Å². The van der Waals surface area contributed by atoms with Crippen LogP contribution in [-0.4, -0.2) is 51.0 Å². The highest BCUT2D eigenvalue weighted by atomic mass is 32.2. The van der Waals surface area contributed by atoms with Crippen LogP contribution >= 0.6 is 11.8 Å². The Morgan fingerprint density at radius 3 is 2.38 bits per heavy atom. The molecule has 0 radical (unpaired) electrons. The third kappa shape index (κ3) is 4.44. The molecule has 7 nitrogen and oxygen atoms in total. The largest absolute Gasteiger partial charge is 0.481 e. The van der Waals surface area contributed by atoms with E-state index in [1.807, 2.05) is 13.8 Å². The Bertz CT molecular complexity index is 620. The lowest BCUT2D eigenvalue weighted by molar-refractivity contribution is -0.133. The Hall–Kier alpha value is -1.09. The van der Waals surface area contributed by atoms with Gasteiger partial charge in [0.15, 0.2) is 15.0 Å². The molecule has 1 rings (SSSR count). The number of rotatable bonds is 7. The van der Waals surface area contributed by atoms with Crippen molar-refractivity contribution in [2.45, 2.75) is 50.1 Å². The molecule has 0 fully saturated rings. The topological polar surface area (TPSA) is 102 Å². The maximum absolute atomic E-state index is 11.9. The molecule has 0 unspecified atom stereocenters. The van der Waals surface area contributed by atoms with E-state index in [9.17, 15) is 13.2 Å². The summed E-state index contributed by atoms with van der Waals surface area (Å²) in [6.07, 6.45) is 1.19. The summed E-state index contributed by atoms with van der Waals surface area (Å²) in [5.41, 5.74) is 0. The summed E-state index contributed by atoms with van der Waals surface area (Å²) in [6, 6.07) is 0. The lowest BCUT2D eigenvalue weighted by Gasteiger charge is -2.25. The smallest absolute Gasteiger partial charge is 0.313 e. The van der Waals surface area contributed by atoms with Crippen LogP contribution in [0.25, 0.3) is 0 Å². The molecular weight excluding hydrogens is 314 g/mol. The number of carboxylic acids is 1. The fourth-order valence-corrected chi connectivity index (χ4v) is 2.64. The Morgan fingerprint density at radius 2 is 1.95 bits per heavy atom. The standard InChI is InChI=1S/C12H21N3O4S2/c1-8(2)10-13-14-11(20-6-9(16)17)15(10)7-12(3,4)21(5,18)19/h8H,6-7H2,1-5H3,(H,16,17). The molecule has 0 aliphatic rings. The second kappa shape index (κ2) is 6.35. The molecule has 21 heavy (non-hydrogen) atoms. The van der Waals surface area contributed by atoms with Crippen molar-refractivity contribution in [3.63, 3.8) is 0 Å².